The molecule has 0 radical (unpaired) electrons. The van der Waals surface area contributed by atoms with Crippen molar-refractivity contribution in [1.82, 2.24) is 25.3 Å². The van der Waals surface area contributed by atoms with Crippen LogP contribution in [-0.4, -0.2) is 52.7 Å². The number of likely N-dealkylation sites (tertiary alicyclic amines) is 1. The first kappa shape index (κ1) is 22.6. The van der Waals surface area contributed by atoms with Gasteiger partial charge in [0.05, 0.1) is 12.2 Å². The number of guanidine groups is 1. The van der Waals surface area contributed by atoms with Gasteiger partial charge in [-0.15, -0.1) is 0 Å². The molecule has 7 heteroatoms. The van der Waals surface area contributed by atoms with E-state index in [1.165, 1.54) is 5.56 Å². The smallest absolute Gasteiger partial charge is 0.223 e. The second-order valence-electron chi connectivity index (χ2n) is 8.30. The summed E-state index contributed by atoms with van der Waals surface area (Å²) in [6.45, 7) is 5.66. The summed E-state index contributed by atoms with van der Waals surface area (Å²) >= 11 is 0. The highest BCUT2D eigenvalue weighted by Crippen LogP contribution is 2.18. The van der Waals surface area contributed by atoms with E-state index in [4.69, 9.17) is 4.99 Å². The summed E-state index contributed by atoms with van der Waals surface area (Å²) in [7, 11) is 0. The van der Waals surface area contributed by atoms with Crippen LogP contribution in [0.15, 0.2) is 78.0 Å². The van der Waals surface area contributed by atoms with Crippen molar-refractivity contribution in [2.75, 3.05) is 26.2 Å². The molecule has 2 heterocycles. The number of aliphatic imine (C=N–C) groups is 1. The van der Waals surface area contributed by atoms with Gasteiger partial charge in [-0.05, 0) is 36.6 Å². The highest BCUT2D eigenvalue weighted by Gasteiger charge is 2.29. The van der Waals surface area contributed by atoms with Gasteiger partial charge in [-0.2, -0.15) is 5.10 Å². The quantitative estimate of drug-likeness (QED) is 0.393. The predicted molar refractivity (Wildman–Crippen MR) is 131 cm³/mol. The van der Waals surface area contributed by atoms with Gasteiger partial charge in [0, 0.05) is 50.9 Å². The van der Waals surface area contributed by atoms with Crippen molar-refractivity contribution < 1.29 is 4.79 Å². The van der Waals surface area contributed by atoms with Gasteiger partial charge < -0.3 is 15.5 Å². The zero-order chi connectivity index (χ0) is 22.9. The fourth-order valence-corrected chi connectivity index (χ4v) is 4.14. The number of nitrogens with zero attached hydrogens (tertiary/aromatic N) is 4. The van der Waals surface area contributed by atoms with E-state index >= 15 is 0 Å². The number of benzene rings is 2. The third kappa shape index (κ3) is 6.22. The molecular formula is C26H32N6O. The highest BCUT2D eigenvalue weighted by atomic mass is 16.2. The Balaban J connectivity index is 1.32. The molecule has 1 fully saturated rings. The van der Waals surface area contributed by atoms with Crippen LogP contribution in [0.2, 0.25) is 0 Å². The van der Waals surface area contributed by atoms with E-state index in [-0.39, 0.29) is 11.8 Å². The molecule has 0 bridgehead atoms. The second-order valence-corrected chi connectivity index (χ2v) is 8.30. The van der Waals surface area contributed by atoms with Crippen LogP contribution in [0.5, 0.6) is 0 Å². The molecule has 7 nitrogen and oxygen atoms in total. The lowest BCUT2D eigenvalue weighted by atomic mass is 10.1. The van der Waals surface area contributed by atoms with Gasteiger partial charge in [0.2, 0.25) is 5.91 Å². The van der Waals surface area contributed by atoms with E-state index < -0.39 is 0 Å². The van der Waals surface area contributed by atoms with Gasteiger partial charge in [0.1, 0.15) is 0 Å². The van der Waals surface area contributed by atoms with Crippen LogP contribution in [0.4, 0.5) is 0 Å². The molecule has 2 aromatic carbocycles. The first-order valence-corrected chi connectivity index (χ1v) is 11.6. The first-order chi connectivity index (χ1) is 16.2. The number of hydrogen-bond acceptors (Lipinski definition) is 3. The van der Waals surface area contributed by atoms with Crippen LogP contribution >= 0.6 is 0 Å². The van der Waals surface area contributed by atoms with Crippen LogP contribution in [0.3, 0.4) is 0 Å². The Kier molecular flexibility index (Phi) is 7.74. The number of rotatable bonds is 9. The number of carbonyl (C=O) groups excluding carboxylic acids is 1. The zero-order valence-corrected chi connectivity index (χ0v) is 19.2. The van der Waals surface area contributed by atoms with Gasteiger partial charge >= 0.3 is 0 Å². The highest BCUT2D eigenvalue weighted by molar-refractivity contribution is 5.81. The van der Waals surface area contributed by atoms with Crippen molar-refractivity contribution in [3.05, 3.63) is 84.2 Å². The van der Waals surface area contributed by atoms with Gasteiger partial charge in [-0.25, -0.2) is 9.67 Å². The van der Waals surface area contributed by atoms with E-state index in [0.717, 1.165) is 49.8 Å². The minimum absolute atomic E-state index is 0.243. The molecule has 1 aliphatic rings. The lowest BCUT2D eigenvalue weighted by Crippen LogP contribution is -2.40. The normalized spacial score (nSPS) is 16.3. The molecule has 1 atom stereocenters. The average molecular weight is 445 g/mol. The third-order valence-electron chi connectivity index (χ3n) is 5.86. The number of nitrogens with one attached hydrogen (secondary N) is 2. The van der Waals surface area contributed by atoms with E-state index in [2.05, 4.69) is 40.9 Å². The van der Waals surface area contributed by atoms with Crippen LogP contribution in [-0.2, 0) is 17.8 Å². The minimum atomic E-state index is 0.243. The van der Waals surface area contributed by atoms with Crippen LogP contribution < -0.4 is 10.6 Å². The maximum absolute atomic E-state index is 12.5. The summed E-state index contributed by atoms with van der Waals surface area (Å²) < 4.78 is 1.86. The van der Waals surface area contributed by atoms with E-state index in [1.807, 2.05) is 58.2 Å². The number of amides is 1. The van der Waals surface area contributed by atoms with Crippen LogP contribution in [0, 0.1) is 5.92 Å². The molecule has 0 aliphatic carbocycles. The minimum Gasteiger partial charge on any atom is -0.357 e. The molecule has 2 N–H and O–H groups in total. The molecule has 1 amide bonds. The number of hydrogen-bond donors (Lipinski definition) is 2. The maximum atomic E-state index is 12.5. The summed E-state index contributed by atoms with van der Waals surface area (Å²) in [6.07, 6.45) is 5.19. The van der Waals surface area contributed by atoms with Crippen molar-refractivity contribution in [1.29, 1.82) is 0 Å². The molecule has 1 unspecified atom stereocenters. The molecule has 0 spiro atoms. The lowest BCUT2D eigenvalue weighted by Gasteiger charge is -2.18. The molecule has 3 aromatic rings. The fraction of sp³-hybridized carbons (Fsp3) is 0.346. The van der Waals surface area contributed by atoms with Crippen molar-refractivity contribution >= 4 is 11.9 Å². The van der Waals surface area contributed by atoms with Crippen LogP contribution in [0.25, 0.3) is 5.69 Å². The Labute approximate surface area is 195 Å². The van der Waals surface area contributed by atoms with Gasteiger partial charge in [0.25, 0.3) is 0 Å². The molecule has 33 heavy (non-hydrogen) atoms. The SMILES string of the molecule is CCNC(=NCc1ccccc1-n1cccn1)NCC1CC(=O)N(CCc2ccccc2)C1. The van der Waals surface area contributed by atoms with Crippen molar-refractivity contribution in [2.24, 2.45) is 10.9 Å². The predicted octanol–water partition coefficient (Wildman–Crippen LogP) is 3.02. The summed E-state index contributed by atoms with van der Waals surface area (Å²) in [6, 6.07) is 20.4. The van der Waals surface area contributed by atoms with E-state index in [9.17, 15) is 4.79 Å². The second kappa shape index (κ2) is 11.3. The molecule has 1 saturated heterocycles. The van der Waals surface area contributed by atoms with Crippen LogP contribution in [0.1, 0.15) is 24.5 Å². The fourth-order valence-electron chi connectivity index (χ4n) is 4.14. The summed E-state index contributed by atoms with van der Waals surface area (Å²) in [4.78, 5) is 19.3. The molecular weight excluding hydrogens is 412 g/mol. The van der Waals surface area contributed by atoms with Crippen molar-refractivity contribution in [3.63, 3.8) is 0 Å². The summed E-state index contributed by atoms with van der Waals surface area (Å²) in [5, 5.41) is 11.1. The Bertz CT molecular complexity index is 1050. The van der Waals surface area contributed by atoms with Gasteiger partial charge in [0.15, 0.2) is 5.96 Å². The molecule has 172 valence electrons. The van der Waals surface area contributed by atoms with E-state index in [0.29, 0.717) is 13.0 Å². The number of aromatic nitrogens is 2. The number of carbonyl (C=O) groups is 1. The summed E-state index contributed by atoms with van der Waals surface area (Å²) in [5.41, 5.74) is 3.39. The monoisotopic (exact) mass is 444 g/mol. The topological polar surface area (TPSA) is 74.5 Å². The molecule has 1 aliphatic heterocycles. The first-order valence-electron chi connectivity index (χ1n) is 11.6. The largest absolute Gasteiger partial charge is 0.357 e. The van der Waals surface area contributed by atoms with Crippen molar-refractivity contribution in [2.45, 2.75) is 26.3 Å². The number of para-hydroxylation sites is 1. The Morgan fingerprint density at radius 2 is 1.91 bits per heavy atom. The Hall–Kier alpha value is -3.61. The zero-order valence-electron chi connectivity index (χ0n) is 19.2. The Morgan fingerprint density at radius 1 is 1.09 bits per heavy atom. The third-order valence-corrected chi connectivity index (χ3v) is 5.86. The molecule has 4 rings (SSSR count). The molecule has 0 saturated carbocycles. The van der Waals surface area contributed by atoms with Gasteiger partial charge in [-0.1, -0.05) is 48.5 Å². The average Bonchev–Trinajstić information content (AvgIpc) is 3.50. The van der Waals surface area contributed by atoms with Gasteiger partial charge in [-0.3, -0.25) is 4.79 Å². The summed E-state index contributed by atoms with van der Waals surface area (Å²) in [5.74, 6) is 1.30. The molecule has 1 aromatic heterocycles. The maximum Gasteiger partial charge on any atom is 0.223 e. The standard InChI is InChI=1S/C26H32N6O/c1-2-27-26(29-19-23-11-6-7-12-24(23)32-15-8-14-30-32)28-18-22-17-25(33)31(20-22)16-13-21-9-4-3-5-10-21/h3-12,14-15,22H,2,13,16-20H2,1H3,(H2,27,28,29). The lowest BCUT2D eigenvalue weighted by molar-refractivity contribution is -0.127. The Morgan fingerprint density at radius 3 is 2.70 bits per heavy atom. The van der Waals surface area contributed by atoms with E-state index in [1.54, 1.807) is 6.20 Å². The van der Waals surface area contributed by atoms with Crippen molar-refractivity contribution in [3.8, 4) is 5.69 Å².